The van der Waals surface area contributed by atoms with Crippen LogP contribution in [0.2, 0.25) is 5.02 Å². The van der Waals surface area contributed by atoms with Crippen LogP contribution < -0.4 is 5.32 Å². The van der Waals surface area contributed by atoms with Crippen LogP contribution in [-0.2, 0) is 16.1 Å². The second-order valence-corrected chi connectivity index (χ2v) is 8.55. The average molecular weight is 419 g/mol. The summed E-state index contributed by atoms with van der Waals surface area (Å²) in [6, 6.07) is 16.6. The standard InChI is InChI=1S/C22H27ClN2O2S/c1-16(2)13-24-22(27)17(3)25(14-18-8-7-9-19(23)12-18)21(26)15-28-20-10-5-4-6-11-20/h4-12,16-17H,13-15H2,1-3H3,(H,24,27)/t17-/m1/s1. The second-order valence-electron chi connectivity index (χ2n) is 7.07. The molecule has 6 heteroatoms. The van der Waals surface area contributed by atoms with Crippen molar-refractivity contribution in [2.75, 3.05) is 12.3 Å². The van der Waals surface area contributed by atoms with Crippen molar-refractivity contribution in [1.82, 2.24) is 10.2 Å². The van der Waals surface area contributed by atoms with Crippen molar-refractivity contribution in [2.24, 2.45) is 5.92 Å². The summed E-state index contributed by atoms with van der Waals surface area (Å²) in [6.07, 6.45) is 0. The van der Waals surface area contributed by atoms with Crippen molar-refractivity contribution in [2.45, 2.75) is 38.3 Å². The van der Waals surface area contributed by atoms with Crippen molar-refractivity contribution in [1.29, 1.82) is 0 Å². The molecule has 2 aromatic carbocycles. The molecule has 28 heavy (non-hydrogen) atoms. The summed E-state index contributed by atoms with van der Waals surface area (Å²) in [5, 5.41) is 3.53. The summed E-state index contributed by atoms with van der Waals surface area (Å²) in [5.41, 5.74) is 0.897. The van der Waals surface area contributed by atoms with Crippen LogP contribution in [0.5, 0.6) is 0 Å². The van der Waals surface area contributed by atoms with Crippen molar-refractivity contribution < 1.29 is 9.59 Å². The SMILES string of the molecule is CC(C)CNC(=O)[C@@H](C)N(Cc1cccc(Cl)c1)C(=O)CSc1ccccc1. The highest BCUT2D eigenvalue weighted by atomic mass is 35.5. The van der Waals surface area contributed by atoms with E-state index in [-0.39, 0.29) is 17.6 Å². The van der Waals surface area contributed by atoms with Gasteiger partial charge in [0.05, 0.1) is 5.75 Å². The van der Waals surface area contributed by atoms with Crippen LogP contribution in [0.25, 0.3) is 0 Å². The summed E-state index contributed by atoms with van der Waals surface area (Å²) >= 11 is 7.56. The van der Waals surface area contributed by atoms with E-state index in [2.05, 4.69) is 5.32 Å². The van der Waals surface area contributed by atoms with Gasteiger partial charge in [-0.3, -0.25) is 9.59 Å². The van der Waals surface area contributed by atoms with Crippen LogP contribution in [0, 0.1) is 5.92 Å². The number of halogens is 1. The predicted octanol–water partition coefficient (Wildman–Crippen LogP) is 4.62. The lowest BCUT2D eigenvalue weighted by atomic mass is 10.1. The van der Waals surface area contributed by atoms with Crippen LogP contribution in [-0.4, -0.2) is 35.1 Å². The summed E-state index contributed by atoms with van der Waals surface area (Å²) in [7, 11) is 0. The number of nitrogens with zero attached hydrogens (tertiary/aromatic N) is 1. The molecule has 0 saturated heterocycles. The molecule has 0 saturated carbocycles. The molecule has 4 nitrogen and oxygen atoms in total. The molecule has 1 atom stereocenters. The van der Waals surface area contributed by atoms with Crippen molar-refractivity contribution >= 4 is 35.2 Å². The third-order valence-corrected chi connectivity index (χ3v) is 5.43. The number of carbonyl (C=O) groups is 2. The lowest BCUT2D eigenvalue weighted by molar-refractivity contribution is -0.138. The lowest BCUT2D eigenvalue weighted by Crippen LogP contribution is -2.48. The second kappa shape index (κ2) is 11.1. The Morgan fingerprint density at radius 1 is 1.07 bits per heavy atom. The minimum atomic E-state index is -0.568. The number of hydrogen-bond acceptors (Lipinski definition) is 3. The minimum Gasteiger partial charge on any atom is -0.354 e. The third kappa shape index (κ3) is 7.21. The number of thioether (sulfide) groups is 1. The highest BCUT2D eigenvalue weighted by Gasteiger charge is 2.26. The van der Waals surface area contributed by atoms with Crippen molar-refractivity contribution in [3.63, 3.8) is 0 Å². The number of amides is 2. The Kier molecular flexibility index (Phi) is 8.87. The van der Waals surface area contributed by atoms with Gasteiger partial charge < -0.3 is 10.2 Å². The Hall–Kier alpha value is -1.98. The van der Waals surface area contributed by atoms with Gasteiger partial charge in [0.15, 0.2) is 0 Å². The Bertz CT molecular complexity index is 783. The number of nitrogens with one attached hydrogen (secondary N) is 1. The van der Waals surface area contributed by atoms with E-state index in [1.165, 1.54) is 11.8 Å². The topological polar surface area (TPSA) is 49.4 Å². The zero-order valence-electron chi connectivity index (χ0n) is 16.5. The predicted molar refractivity (Wildman–Crippen MR) is 116 cm³/mol. The maximum atomic E-state index is 13.0. The van der Waals surface area contributed by atoms with Crippen LogP contribution in [0.15, 0.2) is 59.5 Å². The monoisotopic (exact) mass is 418 g/mol. The van der Waals surface area contributed by atoms with Gasteiger partial charge in [-0.2, -0.15) is 0 Å². The first-order valence-corrected chi connectivity index (χ1v) is 10.7. The van der Waals surface area contributed by atoms with E-state index in [0.29, 0.717) is 24.0 Å². The summed E-state index contributed by atoms with van der Waals surface area (Å²) in [4.78, 5) is 28.2. The van der Waals surface area contributed by atoms with E-state index in [1.807, 2.05) is 62.4 Å². The summed E-state index contributed by atoms with van der Waals surface area (Å²) in [5.74, 6) is 0.392. The van der Waals surface area contributed by atoms with Crippen LogP contribution >= 0.6 is 23.4 Å². The third-order valence-electron chi connectivity index (χ3n) is 4.20. The fourth-order valence-electron chi connectivity index (χ4n) is 2.61. The largest absolute Gasteiger partial charge is 0.354 e. The van der Waals surface area contributed by atoms with Crippen molar-refractivity contribution in [3.05, 3.63) is 65.2 Å². The smallest absolute Gasteiger partial charge is 0.242 e. The highest BCUT2D eigenvalue weighted by molar-refractivity contribution is 8.00. The van der Waals surface area contributed by atoms with Gasteiger partial charge in [0, 0.05) is 23.0 Å². The Morgan fingerprint density at radius 3 is 2.43 bits per heavy atom. The van der Waals surface area contributed by atoms with Gasteiger partial charge in [0.25, 0.3) is 0 Å². The molecule has 2 rings (SSSR count). The highest BCUT2D eigenvalue weighted by Crippen LogP contribution is 2.20. The summed E-state index contributed by atoms with van der Waals surface area (Å²) < 4.78 is 0. The van der Waals surface area contributed by atoms with E-state index in [4.69, 9.17) is 11.6 Å². The number of benzene rings is 2. The molecule has 0 aliphatic rings. The molecule has 0 unspecified atom stereocenters. The number of rotatable bonds is 9. The Labute approximate surface area is 176 Å². The van der Waals surface area contributed by atoms with E-state index >= 15 is 0 Å². The molecular weight excluding hydrogens is 392 g/mol. The zero-order chi connectivity index (χ0) is 20.5. The van der Waals surface area contributed by atoms with Gasteiger partial charge in [0.2, 0.25) is 11.8 Å². The molecule has 1 N–H and O–H groups in total. The molecular formula is C22H27ClN2O2S. The maximum Gasteiger partial charge on any atom is 0.242 e. The van der Waals surface area contributed by atoms with E-state index in [1.54, 1.807) is 17.9 Å². The lowest BCUT2D eigenvalue weighted by Gasteiger charge is -2.29. The maximum absolute atomic E-state index is 13.0. The van der Waals surface area contributed by atoms with Crippen LogP contribution in [0.4, 0.5) is 0 Å². The number of hydrogen-bond donors (Lipinski definition) is 1. The molecule has 0 bridgehead atoms. The van der Waals surface area contributed by atoms with Crippen LogP contribution in [0.3, 0.4) is 0 Å². The first kappa shape index (κ1) is 22.3. The first-order valence-electron chi connectivity index (χ1n) is 9.36. The Morgan fingerprint density at radius 2 is 1.79 bits per heavy atom. The van der Waals surface area contributed by atoms with Crippen molar-refractivity contribution in [3.8, 4) is 0 Å². The molecule has 0 heterocycles. The summed E-state index contributed by atoms with van der Waals surface area (Å²) in [6.45, 7) is 6.77. The Balaban J connectivity index is 2.11. The van der Waals surface area contributed by atoms with Gasteiger partial charge in [0.1, 0.15) is 6.04 Å². The average Bonchev–Trinajstić information content (AvgIpc) is 2.68. The zero-order valence-corrected chi connectivity index (χ0v) is 18.1. The molecule has 2 amide bonds. The molecule has 2 aromatic rings. The molecule has 0 aliphatic carbocycles. The molecule has 0 radical (unpaired) electrons. The molecule has 150 valence electrons. The van der Waals surface area contributed by atoms with Gasteiger partial charge in [-0.15, -0.1) is 11.8 Å². The first-order chi connectivity index (χ1) is 13.4. The molecule has 0 aromatic heterocycles. The number of carbonyl (C=O) groups excluding carboxylic acids is 2. The van der Waals surface area contributed by atoms with E-state index in [9.17, 15) is 9.59 Å². The molecule has 0 fully saturated rings. The van der Waals surface area contributed by atoms with E-state index in [0.717, 1.165) is 10.5 Å². The van der Waals surface area contributed by atoms with Gasteiger partial charge in [-0.1, -0.05) is 55.8 Å². The van der Waals surface area contributed by atoms with E-state index < -0.39 is 6.04 Å². The fraction of sp³-hybridized carbons (Fsp3) is 0.364. The van der Waals surface area contributed by atoms with Gasteiger partial charge in [-0.05, 0) is 42.7 Å². The normalized spacial score (nSPS) is 11.9. The van der Waals surface area contributed by atoms with Crippen LogP contribution in [0.1, 0.15) is 26.3 Å². The fourth-order valence-corrected chi connectivity index (χ4v) is 3.63. The quantitative estimate of drug-likeness (QED) is 0.604. The minimum absolute atomic E-state index is 0.0824. The molecule has 0 aliphatic heterocycles. The van der Waals surface area contributed by atoms with Gasteiger partial charge >= 0.3 is 0 Å². The van der Waals surface area contributed by atoms with Gasteiger partial charge in [-0.25, -0.2) is 0 Å². The molecule has 0 spiro atoms.